The van der Waals surface area contributed by atoms with E-state index in [1.54, 1.807) is 35.3 Å². The van der Waals surface area contributed by atoms with E-state index in [2.05, 4.69) is 24.4 Å². The van der Waals surface area contributed by atoms with Crippen molar-refractivity contribution in [3.63, 3.8) is 0 Å². The molecule has 3 aromatic carbocycles. The number of hydrogen-bond donors (Lipinski definition) is 1. The molecule has 0 radical (unpaired) electrons. The molecular weight excluding hydrogens is 453 g/mol. The summed E-state index contributed by atoms with van der Waals surface area (Å²) in [5.74, 6) is -0.156. The van der Waals surface area contributed by atoms with Gasteiger partial charge in [0.2, 0.25) is 5.91 Å². The number of benzene rings is 3. The highest BCUT2D eigenvalue weighted by molar-refractivity contribution is 6.42. The molecule has 1 amide bonds. The second-order valence-corrected chi connectivity index (χ2v) is 8.90. The number of carbonyl (C=O) groups excluding carboxylic acids is 1. The summed E-state index contributed by atoms with van der Waals surface area (Å²) in [6.45, 7) is 2.80. The standard InChI is InChI=1S/C24H20Cl3N3O/c1-24(17-5-3-2-4-6-17)15-30(14-22(31)28-19-10-8-18(25)9-11-19)29-23(24)16-7-12-20(26)21(27)13-16/h2-13H,14-15H2,1H3,(H,28,31). The van der Waals surface area contributed by atoms with Crippen LogP contribution in [0.2, 0.25) is 15.1 Å². The van der Waals surface area contributed by atoms with Gasteiger partial charge >= 0.3 is 0 Å². The van der Waals surface area contributed by atoms with E-state index < -0.39 is 5.41 Å². The fourth-order valence-corrected chi connectivity index (χ4v) is 4.20. The van der Waals surface area contributed by atoms with E-state index in [-0.39, 0.29) is 12.5 Å². The number of hydrogen-bond acceptors (Lipinski definition) is 3. The Balaban J connectivity index is 1.62. The summed E-state index contributed by atoms with van der Waals surface area (Å²) in [5, 5.41) is 11.1. The van der Waals surface area contributed by atoms with Gasteiger partial charge in [0.25, 0.3) is 0 Å². The summed E-state index contributed by atoms with van der Waals surface area (Å²) >= 11 is 18.3. The number of amides is 1. The van der Waals surface area contributed by atoms with Gasteiger partial charge in [-0.25, -0.2) is 0 Å². The quantitative estimate of drug-likeness (QED) is 0.476. The number of rotatable bonds is 5. The number of nitrogens with zero attached hydrogens (tertiary/aromatic N) is 2. The van der Waals surface area contributed by atoms with Gasteiger partial charge in [0.1, 0.15) is 6.54 Å². The minimum Gasteiger partial charge on any atom is -0.324 e. The van der Waals surface area contributed by atoms with E-state index in [0.29, 0.717) is 27.3 Å². The third-order valence-electron chi connectivity index (χ3n) is 5.32. The first-order valence-electron chi connectivity index (χ1n) is 9.75. The fourth-order valence-electron chi connectivity index (χ4n) is 3.77. The van der Waals surface area contributed by atoms with Gasteiger partial charge in [-0.15, -0.1) is 0 Å². The second-order valence-electron chi connectivity index (χ2n) is 7.65. The van der Waals surface area contributed by atoms with Crippen LogP contribution in [0.3, 0.4) is 0 Å². The third-order valence-corrected chi connectivity index (χ3v) is 6.31. The molecule has 31 heavy (non-hydrogen) atoms. The number of halogens is 3. The van der Waals surface area contributed by atoms with Gasteiger partial charge in [0.05, 0.1) is 27.7 Å². The molecule has 0 saturated carbocycles. The molecule has 1 heterocycles. The molecule has 0 aromatic heterocycles. The van der Waals surface area contributed by atoms with Crippen LogP contribution in [0.5, 0.6) is 0 Å². The van der Waals surface area contributed by atoms with Crippen molar-refractivity contribution in [2.75, 3.05) is 18.4 Å². The summed E-state index contributed by atoms with van der Waals surface area (Å²) in [7, 11) is 0. The van der Waals surface area contributed by atoms with E-state index in [1.807, 2.05) is 30.3 Å². The Kier molecular flexibility index (Phi) is 6.24. The molecule has 0 bridgehead atoms. The molecule has 0 fully saturated rings. The van der Waals surface area contributed by atoms with Crippen molar-refractivity contribution < 1.29 is 4.79 Å². The maximum Gasteiger partial charge on any atom is 0.245 e. The van der Waals surface area contributed by atoms with Crippen LogP contribution in [-0.4, -0.2) is 29.7 Å². The van der Waals surface area contributed by atoms with Crippen LogP contribution in [0.1, 0.15) is 18.1 Å². The smallest absolute Gasteiger partial charge is 0.245 e. The van der Waals surface area contributed by atoms with E-state index in [4.69, 9.17) is 39.9 Å². The Morgan fingerprint density at radius 2 is 1.71 bits per heavy atom. The van der Waals surface area contributed by atoms with Gasteiger partial charge in [-0.1, -0.05) is 71.2 Å². The molecule has 4 nitrogen and oxygen atoms in total. The molecule has 1 atom stereocenters. The van der Waals surface area contributed by atoms with Crippen molar-refractivity contribution in [2.45, 2.75) is 12.3 Å². The Bertz CT molecular complexity index is 1130. The van der Waals surface area contributed by atoms with E-state index in [1.165, 1.54) is 0 Å². The third kappa shape index (κ3) is 4.72. The molecule has 158 valence electrons. The molecule has 1 aliphatic heterocycles. The van der Waals surface area contributed by atoms with Crippen LogP contribution in [0.25, 0.3) is 0 Å². The van der Waals surface area contributed by atoms with Crippen LogP contribution < -0.4 is 5.32 Å². The summed E-state index contributed by atoms with van der Waals surface area (Å²) in [4.78, 5) is 12.6. The van der Waals surface area contributed by atoms with Gasteiger partial charge in [0.15, 0.2) is 0 Å². The lowest BCUT2D eigenvalue weighted by atomic mass is 9.76. The Morgan fingerprint density at radius 1 is 1.00 bits per heavy atom. The van der Waals surface area contributed by atoms with E-state index in [0.717, 1.165) is 16.8 Å². The van der Waals surface area contributed by atoms with Crippen LogP contribution >= 0.6 is 34.8 Å². The molecule has 0 aliphatic carbocycles. The lowest BCUT2D eigenvalue weighted by molar-refractivity contribution is -0.117. The molecule has 1 unspecified atom stereocenters. The molecular formula is C24H20Cl3N3O. The Labute approximate surface area is 196 Å². The van der Waals surface area contributed by atoms with Crippen LogP contribution in [0.15, 0.2) is 77.9 Å². The molecule has 3 aromatic rings. The van der Waals surface area contributed by atoms with Crippen LogP contribution in [-0.2, 0) is 10.2 Å². The summed E-state index contributed by atoms with van der Waals surface area (Å²) in [6, 6.07) is 22.6. The molecule has 4 rings (SSSR count). The van der Waals surface area contributed by atoms with Gasteiger partial charge in [-0.3, -0.25) is 9.80 Å². The largest absolute Gasteiger partial charge is 0.324 e. The zero-order valence-electron chi connectivity index (χ0n) is 16.8. The van der Waals surface area contributed by atoms with Gasteiger partial charge in [0, 0.05) is 16.3 Å². The monoisotopic (exact) mass is 471 g/mol. The summed E-state index contributed by atoms with van der Waals surface area (Å²) < 4.78 is 0. The zero-order valence-corrected chi connectivity index (χ0v) is 19.0. The number of carbonyl (C=O) groups is 1. The van der Waals surface area contributed by atoms with Crippen molar-refractivity contribution in [2.24, 2.45) is 5.10 Å². The maximum atomic E-state index is 12.6. The highest BCUT2D eigenvalue weighted by atomic mass is 35.5. The molecule has 1 N–H and O–H groups in total. The summed E-state index contributed by atoms with van der Waals surface area (Å²) in [5.41, 5.74) is 3.10. The minimum atomic E-state index is -0.418. The van der Waals surface area contributed by atoms with Crippen LogP contribution in [0.4, 0.5) is 5.69 Å². The van der Waals surface area contributed by atoms with Crippen molar-refractivity contribution in [1.29, 1.82) is 0 Å². The topological polar surface area (TPSA) is 44.7 Å². The first kappa shape index (κ1) is 21.7. The SMILES string of the molecule is CC1(c2ccccc2)CN(CC(=O)Nc2ccc(Cl)cc2)N=C1c1ccc(Cl)c(Cl)c1. The van der Waals surface area contributed by atoms with Crippen LogP contribution in [0, 0.1) is 0 Å². The number of nitrogens with one attached hydrogen (secondary N) is 1. The molecule has 0 spiro atoms. The normalized spacial score (nSPS) is 18.1. The average Bonchev–Trinajstić information content (AvgIpc) is 3.09. The minimum absolute atomic E-state index is 0.121. The number of anilines is 1. The Morgan fingerprint density at radius 3 is 2.39 bits per heavy atom. The highest BCUT2D eigenvalue weighted by Crippen LogP contribution is 2.36. The van der Waals surface area contributed by atoms with Crippen molar-refractivity contribution >= 4 is 52.1 Å². The average molecular weight is 473 g/mol. The molecule has 1 aliphatic rings. The second kappa shape index (κ2) is 8.91. The van der Waals surface area contributed by atoms with E-state index in [9.17, 15) is 4.79 Å². The maximum absolute atomic E-state index is 12.6. The van der Waals surface area contributed by atoms with Crippen molar-refractivity contribution in [3.05, 3.63) is 99.0 Å². The van der Waals surface area contributed by atoms with Gasteiger partial charge in [-0.2, -0.15) is 5.10 Å². The lowest BCUT2D eigenvalue weighted by Gasteiger charge is -2.27. The van der Waals surface area contributed by atoms with Crippen molar-refractivity contribution in [3.8, 4) is 0 Å². The fraction of sp³-hybridized carbons (Fsp3) is 0.167. The van der Waals surface area contributed by atoms with E-state index >= 15 is 0 Å². The van der Waals surface area contributed by atoms with Gasteiger partial charge < -0.3 is 5.32 Å². The first-order chi connectivity index (χ1) is 14.8. The zero-order chi connectivity index (χ0) is 22.0. The molecule has 7 heteroatoms. The predicted octanol–water partition coefficient (Wildman–Crippen LogP) is 6.26. The first-order valence-corrected chi connectivity index (χ1v) is 10.9. The highest BCUT2D eigenvalue weighted by Gasteiger charge is 2.41. The number of hydrazone groups is 1. The Hall–Kier alpha value is -2.53. The lowest BCUT2D eigenvalue weighted by Crippen LogP contribution is -2.38. The predicted molar refractivity (Wildman–Crippen MR) is 128 cm³/mol. The summed E-state index contributed by atoms with van der Waals surface area (Å²) in [6.07, 6.45) is 0. The van der Waals surface area contributed by atoms with Gasteiger partial charge in [-0.05, 0) is 48.9 Å². The van der Waals surface area contributed by atoms with Crippen molar-refractivity contribution in [1.82, 2.24) is 5.01 Å². The molecule has 0 saturated heterocycles.